The highest BCUT2D eigenvalue weighted by Gasteiger charge is 2.13. The van der Waals surface area contributed by atoms with E-state index in [-0.39, 0.29) is 11.8 Å². The number of hydrogen-bond donors (Lipinski definition) is 2. The van der Waals surface area contributed by atoms with Crippen LogP contribution in [-0.4, -0.2) is 74.0 Å². The molecule has 2 saturated heterocycles. The first-order valence-corrected chi connectivity index (χ1v) is 9.83. The summed E-state index contributed by atoms with van der Waals surface area (Å²) >= 11 is 0. The fourth-order valence-corrected chi connectivity index (χ4v) is 3.64. The molecular formula is C20H30N4O2. The maximum atomic E-state index is 12.2. The van der Waals surface area contributed by atoms with E-state index in [0.29, 0.717) is 24.2 Å². The first-order valence-electron chi connectivity index (χ1n) is 9.83. The van der Waals surface area contributed by atoms with E-state index in [4.69, 9.17) is 0 Å². The SMILES string of the molecule is O=C(NCCN1CCCC1)c1ccc(C(=O)NCCN2CCCC2)cc1. The van der Waals surface area contributed by atoms with E-state index in [1.165, 1.54) is 25.7 Å². The monoisotopic (exact) mass is 358 g/mol. The number of amides is 2. The van der Waals surface area contributed by atoms with Crippen LogP contribution in [0.2, 0.25) is 0 Å². The Morgan fingerprint density at radius 3 is 1.38 bits per heavy atom. The molecule has 2 aliphatic rings. The summed E-state index contributed by atoms with van der Waals surface area (Å²) in [6.07, 6.45) is 5.04. The van der Waals surface area contributed by atoms with Crippen LogP contribution in [-0.2, 0) is 0 Å². The van der Waals surface area contributed by atoms with Crippen LogP contribution >= 0.6 is 0 Å². The van der Waals surface area contributed by atoms with Crippen LogP contribution in [0.5, 0.6) is 0 Å². The van der Waals surface area contributed by atoms with Gasteiger partial charge in [0.05, 0.1) is 0 Å². The molecule has 2 aliphatic heterocycles. The second-order valence-corrected chi connectivity index (χ2v) is 7.19. The van der Waals surface area contributed by atoms with Gasteiger partial charge in [0.15, 0.2) is 0 Å². The third-order valence-electron chi connectivity index (χ3n) is 5.23. The molecule has 2 fully saturated rings. The molecule has 1 aromatic carbocycles. The second kappa shape index (κ2) is 9.69. The van der Waals surface area contributed by atoms with Gasteiger partial charge in [-0.25, -0.2) is 0 Å². The van der Waals surface area contributed by atoms with E-state index in [9.17, 15) is 9.59 Å². The molecule has 0 radical (unpaired) electrons. The van der Waals surface area contributed by atoms with Gasteiger partial charge < -0.3 is 20.4 Å². The van der Waals surface area contributed by atoms with E-state index in [0.717, 1.165) is 39.3 Å². The van der Waals surface area contributed by atoms with Gasteiger partial charge in [0, 0.05) is 37.3 Å². The van der Waals surface area contributed by atoms with Crippen LogP contribution < -0.4 is 10.6 Å². The zero-order valence-electron chi connectivity index (χ0n) is 15.5. The molecule has 0 aliphatic carbocycles. The Labute approximate surface area is 155 Å². The van der Waals surface area contributed by atoms with Crippen LogP contribution in [0.4, 0.5) is 0 Å². The van der Waals surface area contributed by atoms with E-state index in [1.54, 1.807) is 24.3 Å². The third kappa shape index (κ3) is 5.54. The van der Waals surface area contributed by atoms with E-state index in [1.807, 2.05) is 0 Å². The number of likely N-dealkylation sites (tertiary alicyclic amines) is 2. The average molecular weight is 358 g/mol. The fourth-order valence-electron chi connectivity index (χ4n) is 3.64. The summed E-state index contributed by atoms with van der Waals surface area (Å²) in [6.45, 7) is 7.69. The van der Waals surface area contributed by atoms with Crippen LogP contribution in [0.15, 0.2) is 24.3 Å². The highest BCUT2D eigenvalue weighted by atomic mass is 16.2. The molecule has 0 atom stereocenters. The Morgan fingerprint density at radius 1 is 0.692 bits per heavy atom. The van der Waals surface area contributed by atoms with E-state index in [2.05, 4.69) is 20.4 Å². The quantitative estimate of drug-likeness (QED) is 0.736. The minimum Gasteiger partial charge on any atom is -0.351 e. The summed E-state index contributed by atoms with van der Waals surface area (Å²) in [5, 5.41) is 5.91. The smallest absolute Gasteiger partial charge is 0.251 e. The fraction of sp³-hybridized carbons (Fsp3) is 0.600. The number of benzene rings is 1. The molecule has 6 heteroatoms. The Balaban J connectivity index is 1.38. The molecule has 1 aromatic rings. The van der Waals surface area contributed by atoms with Crippen molar-refractivity contribution in [3.8, 4) is 0 Å². The number of nitrogens with zero attached hydrogens (tertiary/aromatic N) is 2. The van der Waals surface area contributed by atoms with Crippen molar-refractivity contribution in [1.29, 1.82) is 0 Å². The zero-order valence-corrected chi connectivity index (χ0v) is 15.5. The maximum absolute atomic E-state index is 12.2. The predicted molar refractivity (Wildman–Crippen MR) is 102 cm³/mol. The highest BCUT2D eigenvalue weighted by Crippen LogP contribution is 2.08. The topological polar surface area (TPSA) is 64.7 Å². The van der Waals surface area contributed by atoms with Crippen molar-refractivity contribution in [2.75, 3.05) is 52.4 Å². The number of carbonyl (C=O) groups is 2. The van der Waals surface area contributed by atoms with E-state index >= 15 is 0 Å². The van der Waals surface area contributed by atoms with Crippen molar-refractivity contribution < 1.29 is 9.59 Å². The summed E-state index contributed by atoms with van der Waals surface area (Å²) in [5.41, 5.74) is 1.19. The molecule has 2 N–H and O–H groups in total. The molecule has 0 unspecified atom stereocenters. The first kappa shape index (κ1) is 18.9. The van der Waals surface area contributed by atoms with Gasteiger partial charge in [-0.15, -0.1) is 0 Å². The Hall–Kier alpha value is -1.92. The van der Waals surface area contributed by atoms with Gasteiger partial charge in [0.25, 0.3) is 11.8 Å². The molecule has 6 nitrogen and oxygen atoms in total. The number of rotatable bonds is 8. The first-order chi connectivity index (χ1) is 12.7. The molecule has 0 bridgehead atoms. The molecule has 2 heterocycles. The van der Waals surface area contributed by atoms with Crippen molar-refractivity contribution >= 4 is 11.8 Å². The summed E-state index contributed by atoms with van der Waals surface area (Å²) in [7, 11) is 0. The number of hydrogen-bond acceptors (Lipinski definition) is 4. The van der Waals surface area contributed by atoms with Gasteiger partial charge >= 0.3 is 0 Å². The summed E-state index contributed by atoms with van der Waals surface area (Å²) < 4.78 is 0. The lowest BCUT2D eigenvalue weighted by atomic mass is 10.1. The molecule has 26 heavy (non-hydrogen) atoms. The Bertz CT molecular complexity index is 537. The number of carbonyl (C=O) groups excluding carboxylic acids is 2. The van der Waals surface area contributed by atoms with Crippen molar-refractivity contribution in [2.24, 2.45) is 0 Å². The highest BCUT2D eigenvalue weighted by molar-refractivity contribution is 5.97. The van der Waals surface area contributed by atoms with Crippen molar-refractivity contribution in [1.82, 2.24) is 20.4 Å². The van der Waals surface area contributed by atoms with Gasteiger partial charge in [-0.05, 0) is 76.1 Å². The maximum Gasteiger partial charge on any atom is 0.251 e. The van der Waals surface area contributed by atoms with E-state index < -0.39 is 0 Å². The standard InChI is InChI=1S/C20H30N4O2/c25-19(21-9-15-23-11-1-2-12-23)17-5-7-18(8-6-17)20(26)22-10-16-24-13-3-4-14-24/h5-8H,1-4,9-16H2,(H,21,25)(H,22,26). The van der Waals surface area contributed by atoms with Crippen LogP contribution in [0.3, 0.4) is 0 Å². The van der Waals surface area contributed by atoms with Gasteiger partial charge in [-0.3, -0.25) is 9.59 Å². The largest absolute Gasteiger partial charge is 0.351 e. The van der Waals surface area contributed by atoms with Gasteiger partial charge in [0.2, 0.25) is 0 Å². The van der Waals surface area contributed by atoms with Crippen LogP contribution in [0, 0.1) is 0 Å². The summed E-state index contributed by atoms with van der Waals surface area (Å²) in [6, 6.07) is 6.89. The third-order valence-corrected chi connectivity index (χ3v) is 5.23. The minimum atomic E-state index is -0.0785. The molecule has 142 valence electrons. The Kier molecular flexibility index (Phi) is 7.03. The zero-order chi connectivity index (χ0) is 18.2. The number of nitrogens with one attached hydrogen (secondary N) is 2. The summed E-state index contributed by atoms with van der Waals surface area (Å²) in [5.74, 6) is -0.157. The molecule has 0 aromatic heterocycles. The second-order valence-electron chi connectivity index (χ2n) is 7.19. The Morgan fingerprint density at radius 2 is 1.04 bits per heavy atom. The molecule has 0 saturated carbocycles. The van der Waals surface area contributed by atoms with Gasteiger partial charge in [-0.1, -0.05) is 0 Å². The molecular weight excluding hydrogens is 328 g/mol. The normalized spacial score (nSPS) is 18.2. The van der Waals surface area contributed by atoms with Crippen molar-refractivity contribution in [2.45, 2.75) is 25.7 Å². The average Bonchev–Trinajstić information content (AvgIpc) is 3.36. The lowest BCUT2D eigenvalue weighted by Gasteiger charge is -2.15. The van der Waals surface area contributed by atoms with Gasteiger partial charge in [0.1, 0.15) is 0 Å². The predicted octanol–water partition coefficient (Wildman–Crippen LogP) is 1.34. The molecule has 2 amide bonds. The minimum absolute atomic E-state index is 0.0785. The van der Waals surface area contributed by atoms with Gasteiger partial charge in [-0.2, -0.15) is 0 Å². The molecule has 0 spiro atoms. The lowest BCUT2D eigenvalue weighted by Crippen LogP contribution is -2.34. The van der Waals surface area contributed by atoms with Crippen molar-refractivity contribution in [3.63, 3.8) is 0 Å². The van der Waals surface area contributed by atoms with Crippen LogP contribution in [0.25, 0.3) is 0 Å². The summed E-state index contributed by atoms with van der Waals surface area (Å²) in [4.78, 5) is 29.1. The lowest BCUT2D eigenvalue weighted by molar-refractivity contribution is 0.0938. The van der Waals surface area contributed by atoms with Crippen LogP contribution in [0.1, 0.15) is 46.4 Å². The molecule has 3 rings (SSSR count). The van der Waals surface area contributed by atoms with Crippen molar-refractivity contribution in [3.05, 3.63) is 35.4 Å².